The van der Waals surface area contributed by atoms with Crippen molar-refractivity contribution in [2.75, 3.05) is 18.1 Å². The number of hydrogen-bond acceptors (Lipinski definition) is 4. The third-order valence-corrected chi connectivity index (χ3v) is 5.35. The Balaban J connectivity index is 2.48. The van der Waals surface area contributed by atoms with Gasteiger partial charge < -0.3 is 11.1 Å². The summed E-state index contributed by atoms with van der Waals surface area (Å²) < 4.78 is 22.5. The van der Waals surface area contributed by atoms with E-state index in [2.05, 4.69) is 5.32 Å². The normalized spacial score (nSPS) is 18.2. The van der Waals surface area contributed by atoms with Crippen LogP contribution in [0.4, 0.5) is 0 Å². The number of nitrogens with one attached hydrogen (secondary N) is 1. The van der Waals surface area contributed by atoms with Crippen LogP contribution in [0.15, 0.2) is 0 Å². The molecule has 5 nitrogen and oxygen atoms in total. The number of nitrogens with two attached hydrogens (primary N) is 1. The molecule has 1 fully saturated rings. The first-order valence-corrected chi connectivity index (χ1v) is 7.85. The molecule has 0 radical (unpaired) electrons. The minimum Gasteiger partial charge on any atom is -0.392 e. The number of carbonyl (C=O) groups is 1. The van der Waals surface area contributed by atoms with Gasteiger partial charge in [-0.2, -0.15) is 0 Å². The Morgan fingerprint density at radius 3 is 2.41 bits per heavy atom. The number of sulfone groups is 1. The molecule has 3 N–H and O–H groups in total. The van der Waals surface area contributed by atoms with Crippen molar-refractivity contribution < 1.29 is 13.2 Å². The molecule has 0 atom stereocenters. The average molecular weight is 278 g/mol. The van der Waals surface area contributed by atoms with Crippen LogP contribution < -0.4 is 11.1 Å². The van der Waals surface area contributed by atoms with Crippen LogP contribution in [0.2, 0.25) is 0 Å². The maximum absolute atomic E-state index is 11.9. The first kappa shape index (κ1) is 14.4. The van der Waals surface area contributed by atoms with E-state index >= 15 is 0 Å². The summed E-state index contributed by atoms with van der Waals surface area (Å²) in [6.45, 7) is 1.71. The fraction of sp³-hybridized carbons (Fsp3) is 0.800. The van der Waals surface area contributed by atoms with Crippen molar-refractivity contribution in [2.45, 2.75) is 26.2 Å². The molecule has 98 valence electrons. The molecule has 7 heteroatoms. The van der Waals surface area contributed by atoms with E-state index in [0.29, 0.717) is 12.8 Å². The lowest BCUT2D eigenvalue weighted by molar-refractivity contribution is -0.130. The summed E-state index contributed by atoms with van der Waals surface area (Å²) >= 11 is 4.90. The van der Waals surface area contributed by atoms with Crippen molar-refractivity contribution >= 4 is 33.0 Å². The van der Waals surface area contributed by atoms with E-state index in [1.165, 1.54) is 0 Å². The van der Waals surface area contributed by atoms with Crippen molar-refractivity contribution in [3.05, 3.63) is 0 Å². The van der Waals surface area contributed by atoms with E-state index in [9.17, 15) is 13.2 Å². The van der Waals surface area contributed by atoms with Crippen molar-refractivity contribution in [2.24, 2.45) is 11.1 Å². The van der Waals surface area contributed by atoms with Gasteiger partial charge in [-0.3, -0.25) is 4.79 Å². The van der Waals surface area contributed by atoms with Crippen LogP contribution in [0, 0.1) is 5.41 Å². The lowest BCUT2D eigenvalue weighted by Gasteiger charge is -2.39. The van der Waals surface area contributed by atoms with Crippen molar-refractivity contribution in [1.29, 1.82) is 0 Å². The summed E-state index contributed by atoms with van der Waals surface area (Å²) in [4.78, 5) is 12.1. The SMILES string of the molecule is CCS(=O)(=O)CCNC(=O)C1(C(N)=S)CCC1. The third kappa shape index (κ3) is 3.16. The standard InChI is InChI=1S/C10H18N2O3S2/c1-2-17(14,15)7-6-12-9(13)10(8(11)16)4-3-5-10/h2-7H2,1H3,(H2,11,16)(H,12,13). The highest BCUT2D eigenvalue weighted by molar-refractivity contribution is 7.91. The van der Waals surface area contributed by atoms with Gasteiger partial charge in [-0.1, -0.05) is 25.6 Å². The highest BCUT2D eigenvalue weighted by Gasteiger charge is 2.46. The van der Waals surface area contributed by atoms with Crippen molar-refractivity contribution in [3.63, 3.8) is 0 Å². The van der Waals surface area contributed by atoms with Gasteiger partial charge in [0.25, 0.3) is 0 Å². The van der Waals surface area contributed by atoms with E-state index in [4.69, 9.17) is 18.0 Å². The Hall–Kier alpha value is -0.690. The maximum Gasteiger partial charge on any atom is 0.233 e. The zero-order chi connectivity index (χ0) is 13.1. The molecule has 0 aromatic carbocycles. The first-order valence-electron chi connectivity index (χ1n) is 5.63. The Bertz CT molecular complexity index is 413. The van der Waals surface area contributed by atoms with Crippen LogP contribution in [0.1, 0.15) is 26.2 Å². The second-order valence-corrected chi connectivity index (χ2v) is 7.20. The van der Waals surface area contributed by atoms with E-state index in [0.717, 1.165) is 6.42 Å². The summed E-state index contributed by atoms with van der Waals surface area (Å²) in [6.07, 6.45) is 2.25. The molecule has 0 heterocycles. The van der Waals surface area contributed by atoms with Gasteiger partial charge in [-0.05, 0) is 12.8 Å². The highest BCUT2D eigenvalue weighted by Crippen LogP contribution is 2.41. The molecule has 0 aliphatic heterocycles. The number of carbonyl (C=O) groups excluding carboxylic acids is 1. The summed E-state index contributed by atoms with van der Waals surface area (Å²) in [7, 11) is -3.05. The minimum absolute atomic E-state index is 0.0390. The van der Waals surface area contributed by atoms with Gasteiger partial charge in [0.1, 0.15) is 0 Å². The van der Waals surface area contributed by atoms with Gasteiger partial charge in [0.15, 0.2) is 9.84 Å². The van der Waals surface area contributed by atoms with E-state index in [-0.39, 0.29) is 28.9 Å². The molecule has 0 aromatic heterocycles. The van der Waals surface area contributed by atoms with Gasteiger partial charge in [-0.15, -0.1) is 0 Å². The Kier molecular flexibility index (Phi) is 4.48. The molecule has 0 aromatic rings. The van der Waals surface area contributed by atoms with Crippen LogP contribution in [-0.4, -0.2) is 37.4 Å². The van der Waals surface area contributed by atoms with Crippen molar-refractivity contribution in [3.8, 4) is 0 Å². The Morgan fingerprint density at radius 1 is 1.47 bits per heavy atom. The van der Waals surface area contributed by atoms with Gasteiger partial charge in [-0.25, -0.2) is 8.42 Å². The van der Waals surface area contributed by atoms with Crippen LogP contribution in [0.25, 0.3) is 0 Å². The molecule has 0 bridgehead atoms. The Labute approximate surface area is 107 Å². The molecule has 17 heavy (non-hydrogen) atoms. The minimum atomic E-state index is -3.05. The van der Waals surface area contributed by atoms with Gasteiger partial charge in [0.05, 0.1) is 16.2 Å². The maximum atomic E-state index is 11.9. The number of thiocarbonyl (C=S) groups is 1. The zero-order valence-electron chi connectivity index (χ0n) is 9.86. The Morgan fingerprint density at radius 2 is 2.06 bits per heavy atom. The van der Waals surface area contributed by atoms with Crippen LogP contribution >= 0.6 is 12.2 Å². The molecule has 1 saturated carbocycles. The van der Waals surface area contributed by atoms with E-state index in [1.54, 1.807) is 6.92 Å². The predicted molar refractivity (Wildman–Crippen MR) is 70.4 cm³/mol. The first-order chi connectivity index (χ1) is 7.84. The van der Waals surface area contributed by atoms with E-state index < -0.39 is 15.3 Å². The molecule has 1 rings (SSSR count). The zero-order valence-corrected chi connectivity index (χ0v) is 11.5. The quantitative estimate of drug-likeness (QED) is 0.667. The number of hydrogen-bond donors (Lipinski definition) is 2. The topological polar surface area (TPSA) is 89.3 Å². The number of amides is 1. The monoisotopic (exact) mass is 278 g/mol. The van der Waals surface area contributed by atoms with Crippen LogP contribution in [0.5, 0.6) is 0 Å². The third-order valence-electron chi connectivity index (χ3n) is 3.25. The molecule has 1 amide bonds. The molecule has 1 aliphatic carbocycles. The summed E-state index contributed by atoms with van der Waals surface area (Å²) in [5.74, 6) is -0.186. The molecular weight excluding hydrogens is 260 g/mol. The second kappa shape index (κ2) is 5.30. The smallest absolute Gasteiger partial charge is 0.233 e. The lowest BCUT2D eigenvalue weighted by Crippen LogP contribution is -2.53. The lowest BCUT2D eigenvalue weighted by atomic mass is 9.68. The molecule has 0 unspecified atom stereocenters. The molecular formula is C10H18N2O3S2. The average Bonchev–Trinajstić information content (AvgIpc) is 2.15. The van der Waals surface area contributed by atoms with Gasteiger partial charge >= 0.3 is 0 Å². The number of rotatable bonds is 6. The highest BCUT2D eigenvalue weighted by atomic mass is 32.2. The van der Waals surface area contributed by atoms with Crippen molar-refractivity contribution in [1.82, 2.24) is 5.32 Å². The molecule has 0 spiro atoms. The summed E-state index contributed by atoms with van der Waals surface area (Å²) in [5.41, 5.74) is 4.84. The van der Waals surface area contributed by atoms with Gasteiger partial charge in [0, 0.05) is 12.3 Å². The fourth-order valence-corrected chi connectivity index (χ4v) is 2.75. The summed E-state index contributed by atoms with van der Waals surface area (Å²) in [6, 6.07) is 0. The van der Waals surface area contributed by atoms with Crippen LogP contribution in [0.3, 0.4) is 0 Å². The largest absolute Gasteiger partial charge is 0.392 e. The predicted octanol–water partition coefficient (Wildman–Crippen LogP) is -0.00630. The van der Waals surface area contributed by atoms with Crippen LogP contribution in [-0.2, 0) is 14.6 Å². The molecule has 1 aliphatic rings. The second-order valence-electron chi connectivity index (χ2n) is 4.29. The van der Waals surface area contributed by atoms with E-state index in [1.807, 2.05) is 0 Å². The summed E-state index contributed by atoms with van der Waals surface area (Å²) in [5, 5.41) is 2.61. The fourth-order valence-electron chi connectivity index (χ4n) is 1.75. The van der Waals surface area contributed by atoms with Gasteiger partial charge in [0.2, 0.25) is 5.91 Å². The molecule has 0 saturated heterocycles.